The van der Waals surface area contributed by atoms with Crippen LogP contribution in [0.3, 0.4) is 0 Å². The molecule has 0 N–H and O–H groups in total. The highest BCUT2D eigenvalue weighted by atomic mass is 15.1. The van der Waals surface area contributed by atoms with Crippen LogP contribution in [0.5, 0.6) is 0 Å². The van der Waals surface area contributed by atoms with E-state index < -0.39 is 0 Å². The van der Waals surface area contributed by atoms with Crippen LogP contribution in [0.25, 0.3) is 10.8 Å². The highest BCUT2D eigenvalue weighted by molar-refractivity contribution is 5.85. The predicted molar refractivity (Wildman–Crippen MR) is 94.3 cm³/mol. The Morgan fingerprint density at radius 3 is 2.64 bits per heavy atom. The van der Waals surface area contributed by atoms with Crippen LogP contribution in [0, 0.1) is 0 Å². The molecule has 0 saturated carbocycles. The van der Waals surface area contributed by atoms with E-state index in [1.54, 1.807) is 0 Å². The molecule has 0 radical (unpaired) electrons. The fourth-order valence-corrected chi connectivity index (χ4v) is 3.30. The van der Waals surface area contributed by atoms with Crippen molar-refractivity contribution in [3.05, 3.63) is 90.1 Å². The van der Waals surface area contributed by atoms with Crippen molar-refractivity contribution < 1.29 is 0 Å². The van der Waals surface area contributed by atoms with Crippen molar-refractivity contribution >= 4 is 16.5 Å². The minimum Gasteiger partial charge on any atom is -0.348 e. The van der Waals surface area contributed by atoms with E-state index in [0.29, 0.717) is 0 Å². The summed E-state index contributed by atoms with van der Waals surface area (Å²) in [5.74, 6) is 0. The molecule has 1 heterocycles. The van der Waals surface area contributed by atoms with Gasteiger partial charge in [0.05, 0.1) is 0 Å². The molecule has 0 bridgehead atoms. The number of anilines is 1. The zero-order valence-corrected chi connectivity index (χ0v) is 12.6. The zero-order valence-electron chi connectivity index (χ0n) is 12.6. The molecular weight excluding hydrogens is 266 g/mol. The van der Waals surface area contributed by atoms with Crippen molar-refractivity contribution in [2.75, 3.05) is 11.4 Å². The first-order chi connectivity index (χ1) is 10.9. The first kappa shape index (κ1) is 13.1. The van der Waals surface area contributed by atoms with Crippen LogP contribution in [0.1, 0.15) is 11.1 Å². The number of hydrogen-bond donors (Lipinski definition) is 0. The summed E-state index contributed by atoms with van der Waals surface area (Å²) in [5.41, 5.74) is 4.20. The number of nitrogens with zero attached hydrogens (tertiary/aromatic N) is 1. The Balaban J connectivity index is 1.60. The summed E-state index contributed by atoms with van der Waals surface area (Å²) >= 11 is 0. The Hall–Kier alpha value is -2.54. The van der Waals surface area contributed by atoms with Crippen LogP contribution in [0.15, 0.2) is 79.0 Å². The number of allylic oxidation sites excluding steroid dienone is 1. The summed E-state index contributed by atoms with van der Waals surface area (Å²) in [4.78, 5) is 2.38. The SMILES string of the molecule is C1=CN(CCc2cccc3ccccc23)c2ccccc2C1. The fraction of sp³-hybridized carbons (Fsp3) is 0.143. The molecule has 0 spiro atoms. The van der Waals surface area contributed by atoms with Gasteiger partial charge in [-0.3, -0.25) is 0 Å². The largest absolute Gasteiger partial charge is 0.348 e. The maximum Gasteiger partial charge on any atom is 0.0441 e. The molecule has 3 aromatic carbocycles. The lowest BCUT2D eigenvalue weighted by Gasteiger charge is -2.26. The van der Waals surface area contributed by atoms with Crippen molar-refractivity contribution in [2.24, 2.45) is 0 Å². The first-order valence-electron chi connectivity index (χ1n) is 7.90. The Labute approximate surface area is 131 Å². The predicted octanol–water partition coefficient (Wildman–Crippen LogP) is 4.96. The molecule has 1 nitrogen and oxygen atoms in total. The molecule has 0 atom stereocenters. The maximum atomic E-state index is 2.38. The van der Waals surface area contributed by atoms with Gasteiger partial charge in [0.2, 0.25) is 0 Å². The summed E-state index contributed by atoms with van der Waals surface area (Å²) < 4.78 is 0. The molecule has 1 aliphatic heterocycles. The molecular formula is C21H19N. The molecule has 0 aliphatic carbocycles. The van der Waals surface area contributed by atoms with Gasteiger partial charge in [-0.2, -0.15) is 0 Å². The Morgan fingerprint density at radius 1 is 0.818 bits per heavy atom. The van der Waals surface area contributed by atoms with E-state index in [1.165, 1.54) is 27.6 Å². The number of para-hydroxylation sites is 1. The Morgan fingerprint density at radius 2 is 1.64 bits per heavy atom. The minimum absolute atomic E-state index is 1.02. The van der Waals surface area contributed by atoms with E-state index in [4.69, 9.17) is 0 Å². The number of benzene rings is 3. The summed E-state index contributed by atoms with van der Waals surface area (Å²) in [6, 6.07) is 24.0. The van der Waals surface area contributed by atoms with E-state index in [0.717, 1.165) is 19.4 Å². The van der Waals surface area contributed by atoms with E-state index >= 15 is 0 Å². The van der Waals surface area contributed by atoms with Crippen molar-refractivity contribution in [2.45, 2.75) is 12.8 Å². The molecule has 108 valence electrons. The van der Waals surface area contributed by atoms with Gasteiger partial charge in [-0.25, -0.2) is 0 Å². The lowest BCUT2D eigenvalue weighted by Crippen LogP contribution is -2.22. The molecule has 4 rings (SSSR count). The van der Waals surface area contributed by atoms with Crippen molar-refractivity contribution in [1.29, 1.82) is 0 Å². The second kappa shape index (κ2) is 5.69. The molecule has 0 saturated heterocycles. The van der Waals surface area contributed by atoms with Gasteiger partial charge in [-0.15, -0.1) is 0 Å². The maximum absolute atomic E-state index is 2.38. The van der Waals surface area contributed by atoms with Crippen LogP contribution in [-0.2, 0) is 12.8 Å². The monoisotopic (exact) mass is 285 g/mol. The van der Waals surface area contributed by atoms with E-state index in [2.05, 4.69) is 83.9 Å². The van der Waals surface area contributed by atoms with Gasteiger partial charge in [0.25, 0.3) is 0 Å². The average Bonchev–Trinajstić information content (AvgIpc) is 2.60. The topological polar surface area (TPSA) is 3.24 Å². The van der Waals surface area contributed by atoms with E-state index in [9.17, 15) is 0 Å². The van der Waals surface area contributed by atoms with E-state index in [1.807, 2.05) is 0 Å². The van der Waals surface area contributed by atoms with Gasteiger partial charge in [-0.1, -0.05) is 66.7 Å². The molecule has 3 aromatic rings. The number of hydrogen-bond acceptors (Lipinski definition) is 1. The Kier molecular flexibility index (Phi) is 3.40. The van der Waals surface area contributed by atoms with Crippen LogP contribution in [-0.4, -0.2) is 6.54 Å². The highest BCUT2D eigenvalue weighted by Crippen LogP contribution is 2.26. The van der Waals surface area contributed by atoms with Gasteiger partial charge in [0.15, 0.2) is 0 Å². The lowest BCUT2D eigenvalue weighted by molar-refractivity contribution is 0.892. The summed E-state index contributed by atoms with van der Waals surface area (Å²) in [7, 11) is 0. The van der Waals surface area contributed by atoms with Crippen LogP contribution in [0.4, 0.5) is 5.69 Å². The quantitative estimate of drug-likeness (QED) is 0.657. The van der Waals surface area contributed by atoms with Gasteiger partial charge in [0, 0.05) is 18.4 Å². The lowest BCUT2D eigenvalue weighted by atomic mass is 10.0. The van der Waals surface area contributed by atoms with Crippen LogP contribution >= 0.6 is 0 Å². The van der Waals surface area contributed by atoms with Crippen LogP contribution < -0.4 is 4.90 Å². The zero-order chi connectivity index (χ0) is 14.8. The van der Waals surface area contributed by atoms with Crippen molar-refractivity contribution in [3.8, 4) is 0 Å². The third-order valence-electron chi connectivity index (χ3n) is 4.43. The summed E-state index contributed by atoms with van der Waals surface area (Å²) in [6.07, 6.45) is 6.58. The van der Waals surface area contributed by atoms with Crippen molar-refractivity contribution in [3.63, 3.8) is 0 Å². The molecule has 0 unspecified atom stereocenters. The molecule has 0 fully saturated rings. The first-order valence-corrected chi connectivity index (χ1v) is 7.90. The molecule has 0 amide bonds. The fourth-order valence-electron chi connectivity index (χ4n) is 3.30. The van der Waals surface area contributed by atoms with Crippen LogP contribution in [0.2, 0.25) is 0 Å². The van der Waals surface area contributed by atoms with E-state index in [-0.39, 0.29) is 0 Å². The molecule has 1 heteroatoms. The van der Waals surface area contributed by atoms with Gasteiger partial charge >= 0.3 is 0 Å². The molecule has 22 heavy (non-hydrogen) atoms. The number of fused-ring (bicyclic) bond motifs is 2. The third-order valence-corrected chi connectivity index (χ3v) is 4.43. The standard InChI is InChI=1S/C21H19N/c1-3-12-20-17(7-1)9-5-10-18(20)14-16-22-15-6-11-19-8-2-4-13-21(19)22/h1-10,12-13,15H,11,14,16H2. The van der Waals surface area contributed by atoms with Gasteiger partial charge in [0.1, 0.15) is 0 Å². The average molecular weight is 285 g/mol. The second-order valence-electron chi connectivity index (χ2n) is 5.80. The summed E-state index contributed by atoms with van der Waals surface area (Å²) in [5, 5.41) is 2.70. The smallest absolute Gasteiger partial charge is 0.0441 e. The second-order valence-corrected chi connectivity index (χ2v) is 5.80. The molecule has 0 aromatic heterocycles. The number of rotatable bonds is 3. The highest BCUT2D eigenvalue weighted by Gasteiger charge is 2.12. The minimum atomic E-state index is 1.02. The van der Waals surface area contributed by atoms with Gasteiger partial charge in [-0.05, 0) is 40.8 Å². The van der Waals surface area contributed by atoms with Gasteiger partial charge < -0.3 is 4.90 Å². The Bertz CT molecular complexity index is 827. The summed E-state index contributed by atoms with van der Waals surface area (Å²) in [6.45, 7) is 1.02. The normalized spacial score (nSPS) is 13.4. The van der Waals surface area contributed by atoms with Crippen molar-refractivity contribution in [1.82, 2.24) is 0 Å². The third kappa shape index (κ3) is 2.39. The molecule has 1 aliphatic rings.